The van der Waals surface area contributed by atoms with E-state index in [2.05, 4.69) is 12.2 Å². The van der Waals surface area contributed by atoms with E-state index in [9.17, 15) is 14.9 Å². The quantitative estimate of drug-likeness (QED) is 0.642. The van der Waals surface area contributed by atoms with E-state index in [1.807, 2.05) is 0 Å². The van der Waals surface area contributed by atoms with Crippen LogP contribution in [0.25, 0.3) is 0 Å². The molecule has 0 radical (unpaired) electrons. The predicted octanol–water partition coefficient (Wildman–Crippen LogP) is 3.31. The van der Waals surface area contributed by atoms with Crippen molar-refractivity contribution in [3.63, 3.8) is 0 Å². The maximum absolute atomic E-state index is 12.6. The fourth-order valence-corrected chi connectivity index (χ4v) is 3.85. The molecule has 1 heterocycles. The van der Waals surface area contributed by atoms with Gasteiger partial charge in [-0.1, -0.05) is 26.2 Å². The molecular formula is C19H27N3O4. The van der Waals surface area contributed by atoms with Crippen molar-refractivity contribution in [2.45, 2.75) is 32.6 Å². The van der Waals surface area contributed by atoms with Crippen molar-refractivity contribution >= 4 is 17.3 Å². The van der Waals surface area contributed by atoms with Gasteiger partial charge in [-0.2, -0.15) is 0 Å². The smallest absolute Gasteiger partial charge is 0.293 e. The number of morpholine rings is 1. The normalized spacial score (nSPS) is 23.5. The monoisotopic (exact) mass is 361 g/mol. The summed E-state index contributed by atoms with van der Waals surface area (Å²) in [6, 6.07) is 4.74. The highest BCUT2D eigenvalue weighted by Crippen LogP contribution is 2.31. The van der Waals surface area contributed by atoms with Gasteiger partial charge in [0.05, 0.1) is 18.1 Å². The maximum Gasteiger partial charge on any atom is 0.293 e. The third-order valence-electron chi connectivity index (χ3n) is 5.58. The van der Waals surface area contributed by atoms with E-state index >= 15 is 0 Å². The van der Waals surface area contributed by atoms with Crippen molar-refractivity contribution in [2.75, 3.05) is 38.2 Å². The van der Waals surface area contributed by atoms with Crippen molar-refractivity contribution < 1.29 is 14.5 Å². The van der Waals surface area contributed by atoms with Crippen LogP contribution in [0.3, 0.4) is 0 Å². The van der Waals surface area contributed by atoms with Crippen molar-refractivity contribution in [3.8, 4) is 0 Å². The zero-order valence-corrected chi connectivity index (χ0v) is 15.3. The van der Waals surface area contributed by atoms with Gasteiger partial charge < -0.3 is 15.0 Å². The van der Waals surface area contributed by atoms with Gasteiger partial charge in [-0.15, -0.1) is 0 Å². The molecule has 2 fully saturated rings. The minimum atomic E-state index is -0.414. The van der Waals surface area contributed by atoms with Crippen LogP contribution < -0.4 is 5.32 Å². The highest BCUT2D eigenvalue weighted by molar-refractivity contribution is 5.95. The van der Waals surface area contributed by atoms with E-state index in [0.29, 0.717) is 49.4 Å². The second kappa shape index (κ2) is 8.49. The number of amides is 1. The van der Waals surface area contributed by atoms with E-state index in [0.717, 1.165) is 13.0 Å². The fraction of sp³-hybridized carbons (Fsp3) is 0.632. The topological polar surface area (TPSA) is 84.7 Å². The van der Waals surface area contributed by atoms with E-state index in [-0.39, 0.29) is 11.6 Å². The van der Waals surface area contributed by atoms with Crippen LogP contribution >= 0.6 is 0 Å². The van der Waals surface area contributed by atoms with Crippen molar-refractivity contribution in [1.82, 2.24) is 4.90 Å². The van der Waals surface area contributed by atoms with Crippen LogP contribution in [0.1, 0.15) is 43.0 Å². The lowest BCUT2D eigenvalue weighted by molar-refractivity contribution is -0.384. The third-order valence-corrected chi connectivity index (χ3v) is 5.58. The van der Waals surface area contributed by atoms with Gasteiger partial charge in [0, 0.05) is 31.3 Å². The number of benzene rings is 1. The van der Waals surface area contributed by atoms with Crippen molar-refractivity contribution in [3.05, 3.63) is 33.9 Å². The Hall–Kier alpha value is -2.15. The highest BCUT2D eigenvalue weighted by Gasteiger charge is 2.25. The fourth-order valence-electron chi connectivity index (χ4n) is 3.85. The number of rotatable bonds is 5. The van der Waals surface area contributed by atoms with Crippen LogP contribution in [-0.2, 0) is 4.74 Å². The first-order chi connectivity index (χ1) is 12.6. The van der Waals surface area contributed by atoms with Gasteiger partial charge in [-0.05, 0) is 30.4 Å². The van der Waals surface area contributed by atoms with Crippen LogP contribution in [0, 0.1) is 22.0 Å². The Morgan fingerprint density at radius 3 is 2.73 bits per heavy atom. The van der Waals surface area contributed by atoms with E-state index in [1.165, 1.54) is 25.3 Å². The van der Waals surface area contributed by atoms with Gasteiger partial charge in [-0.25, -0.2) is 0 Å². The Bertz CT molecular complexity index is 658. The lowest BCUT2D eigenvalue weighted by Crippen LogP contribution is -2.40. The highest BCUT2D eigenvalue weighted by atomic mass is 16.6. The molecule has 2 unspecified atom stereocenters. The molecule has 3 rings (SSSR count). The number of nitrogens with zero attached hydrogens (tertiary/aromatic N) is 2. The van der Waals surface area contributed by atoms with E-state index in [4.69, 9.17) is 4.74 Å². The zero-order valence-electron chi connectivity index (χ0n) is 15.3. The summed E-state index contributed by atoms with van der Waals surface area (Å²) in [4.78, 5) is 25.3. The SMILES string of the molecule is CC1CCCCC1CNc1ccc(C(=O)N2CCOCC2)cc1[N+](=O)[O-]. The Balaban J connectivity index is 1.72. The summed E-state index contributed by atoms with van der Waals surface area (Å²) in [7, 11) is 0. The molecule has 0 spiro atoms. The Labute approximate surface area is 153 Å². The lowest BCUT2D eigenvalue weighted by Gasteiger charge is -2.29. The second-order valence-corrected chi connectivity index (χ2v) is 7.30. The minimum Gasteiger partial charge on any atom is -0.379 e. The summed E-state index contributed by atoms with van der Waals surface area (Å²) in [6.07, 6.45) is 4.89. The van der Waals surface area contributed by atoms with Crippen LogP contribution in [0.4, 0.5) is 11.4 Å². The molecule has 142 valence electrons. The molecule has 2 atom stereocenters. The number of nitro benzene ring substituents is 1. The molecule has 0 bridgehead atoms. The standard InChI is InChI=1S/C19H27N3O4/c1-14-4-2-3-5-16(14)13-20-17-7-6-15(12-18(17)22(24)25)19(23)21-8-10-26-11-9-21/h6-7,12,14,16,20H,2-5,8-11,13H2,1H3. The van der Waals surface area contributed by atoms with Gasteiger partial charge in [0.1, 0.15) is 5.69 Å². The zero-order chi connectivity index (χ0) is 18.5. The molecule has 7 nitrogen and oxygen atoms in total. The first-order valence-corrected chi connectivity index (χ1v) is 9.45. The minimum absolute atomic E-state index is 0.0347. The largest absolute Gasteiger partial charge is 0.379 e. The van der Waals surface area contributed by atoms with Gasteiger partial charge >= 0.3 is 0 Å². The Kier molecular flexibility index (Phi) is 6.08. The van der Waals surface area contributed by atoms with Gasteiger partial charge in [0.25, 0.3) is 11.6 Å². The third kappa shape index (κ3) is 4.33. The van der Waals surface area contributed by atoms with Crippen molar-refractivity contribution in [2.24, 2.45) is 11.8 Å². The number of anilines is 1. The summed E-state index contributed by atoms with van der Waals surface area (Å²) in [5.41, 5.74) is 0.814. The molecule has 1 aromatic rings. The average Bonchev–Trinajstić information content (AvgIpc) is 2.67. The maximum atomic E-state index is 12.6. The Morgan fingerprint density at radius 1 is 1.31 bits per heavy atom. The predicted molar refractivity (Wildman–Crippen MR) is 99.4 cm³/mol. The van der Waals surface area contributed by atoms with Crippen molar-refractivity contribution in [1.29, 1.82) is 0 Å². The number of carbonyl (C=O) groups is 1. The summed E-state index contributed by atoms with van der Waals surface area (Å²) >= 11 is 0. The molecule has 1 aliphatic heterocycles. The van der Waals surface area contributed by atoms with Gasteiger partial charge in [0.2, 0.25) is 0 Å². The number of ether oxygens (including phenoxy) is 1. The first kappa shape index (κ1) is 18.6. The molecule has 0 aromatic heterocycles. The molecule has 1 aliphatic carbocycles. The number of nitrogens with one attached hydrogen (secondary N) is 1. The number of nitro groups is 1. The molecule has 1 saturated carbocycles. The molecule has 1 N–H and O–H groups in total. The molecule has 1 aromatic carbocycles. The van der Waals surface area contributed by atoms with Crippen LogP contribution in [0.15, 0.2) is 18.2 Å². The summed E-state index contributed by atoms with van der Waals surface area (Å²) in [5, 5.41) is 14.8. The Morgan fingerprint density at radius 2 is 2.04 bits per heavy atom. The molecule has 1 saturated heterocycles. The lowest BCUT2D eigenvalue weighted by atomic mass is 9.80. The molecule has 7 heteroatoms. The van der Waals surface area contributed by atoms with Gasteiger partial charge in [-0.3, -0.25) is 14.9 Å². The average molecular weight is 361 g/mol. The molecule has 2 aliphatic rings. The first-order valence-electron chi connectivity index (χ1n) is 9.45. The number of hydrogen-bond donors (Lipinski definition) is 1. The van der Waals surface area contributed by atoms with Crippen LogP contribution in [0.5, 0.6) is 0 Å². The van der Waals surface area contributed by atoms with Gasteiger partial charge in [0.15, 0.2) is 0 Å². The second-order valence-electron chi connectivity index (χ2n) is 7.30. The summed E-state index contributed by atoms with van der Waals surface area (Å²) in [5.74, 6) is 0.999. The number of carbonyl (C=O) groups excluding carboxylic acids is 1. The molecular weight excluding hydrogens is 334 g/mol. The van der Waals surface area contributed by atoms with Crippen LogP contribution in [-0.4, -0.2) is 48.6 Å². The summed E-state index contributed by atoms with van der Waals surface area (Å²) < 4.78 is 5.25. The van der Waals surface area contributed by atoms with Crippen LogP contribution in [0.2, 0.25) is 0 Å². The molecule has 26 heavy (non-hydrogen) atoms. The van der Waals surface area contributed by atoms with E-state index in [1.54, 1.807) is 17.0 Å². The number of hydrogen-bond acceptors (Lipinski definition) is 5. The summed E-state index contributed by atoms with van der Waals surface area (Å²) in [6.45, 7) is 5.04. The van der Waals surface area contributed by atoms with E-state index < -0.39 is 4.92 Å². The molecule has 1 amide bonds.